The van der Waals surface area contributed by atoms with E-state index in [9.17, 15) is 40.2 Å². The highest BCUT2D eigenvalue weighted by molar-refractivity contribution is 5.80. The lowest BCUT2D eigenvalue weighted by Crippen LogP contribution is -2.49. The normalized spacial score (nSPS) is 31.3. The smallest absolute Gasteiger partial charge is 0.327 e. The summed E-state index contributed by atoms with van der Waals surface area (Å²) in [4.78, 5) is 27.7. The highest BCUT2D eigenvalue weighted by Crippen LogP contribution is 2.28. The molecule has 0 aliphatic carbocycles. The summed E-state index contributed by atoms with van der Waals surface area (Å²) in [5.74, 6) is 0. The number of nitrogens with zero attached hydrogens (tertiary/aromatic N) is 4. The lowest BCUT2D eigenvalue weighted by Gasteiger charge is -2.28. The number of amides is 4. The number of hydrogen-bond acceptors (Lipinski definition) is 8. The topological polar surface area (TPSA) is 168 Å². The molecule has 0 radical (unpaired) electrons. The number of rotatable bonds is 8. The molecule has 156 valence electrons. The van der Waals surface area contributed by atoms with E-state index in [4.69, 9.17) is 0 Å². The summed E-state index contributed by atoms with van der Waals surface area (Å²) >= 11 is 0. The SMILES string of the molecule is CCCC(O)N1C(=O)N(CN2C(=O)N(C(O)CCC)C(O)C2O)C(O)C1O. The van der Waals surface area contributed by atoms with Gasteiger partial charge in [-0.05, 0) is 12.8 Å². The molecule has 2 saturated heterocycles. The summed E-state index contributed by atoms with van der Waals surface area (Å²) in [5.41, 5.74) is 0. The number of aliphatic hydroxyl groups is 6. The molecule has 0 aromatic carbocycles. The summed E-state index contributed by atoms with van der Waals surface area (Å²) in [7, 11) is 0. The number of urea groups is 2. The Labute approximate surface area is 156 Å². The van der Waals surface area contributed by atoms with Crippen LogP contribution in [-0.2, 0) is 0 Å². The molecule has 12 heteroatoms. The second-order valence-electron chi connectivity index (χ2n) is 6.65. The highest BCUT2D eigenvalue weighted by Gasteiger charge is 2.52. The molecule has 0 aromatic rings. The fraction of sp³-hybridized carbons (Fsp3) is 0.867. The van der Waals surface area contributed by atoms with Gasteiger partial charge in [-0.1, -0.05) is 26.7 Å². The Balaban J connectivity index is 2.16. The molecule has 2 aliphatic rings. The van der Waals surface area contributed by atoms with Crippen LogP contribution in [0.5, 0.6) is 0 Å². The highest BCUT2D eigenvalue weighted by atomic mass is 16.4. The molecule has 27 heavy (non-hydrogen) atoms. The van der Waals surface area contributed by atoms with Crippen molar-refractivity contribution in [1.82, 2.24) is 19.6 Å². The minimum Gasteiger partial charge on any atom is -0.373 e. The Morgan fingerprint density at radius 1 is 0.741 bits per heavy atom. The van der Waals surface area contributed by atoms with Gasteiger partial charge < -0.3 is 30.6 Å². The second kappa shape index (κ2) is 8.54. The molecule has 6 unspecified atom stereocenters. The van der Waals surface area contributed by atoms with Crippen LogP contribution in [0.3, 0.4) is 0 Å². The minimum atomic E-state index is -1.75. The molecule has 12 nitrogen and oxygen atoms in total. The van der Waals surface area contributed by atoms with Gasteiger partial charge in [0.15, 0.2) is 24.9 Å². The van der Waals surface area contributed by atoms with Crippen LogP contribution < -0.4 is 0 Å². The maximum absolute atomic E-state index is 12.5. The van der Waals surface area contributed by atoms with E-state index in [0.29, 0.717) is 32.4 Å². The van der Waals surface area contributed by atoms with Gasteiger partial charge in [0.2, 0.25) is 0 Å². The van der Waals surface area contributed by atoms with Crippen LogP contribution in [0.15, 0.2) is 0 Å². The van der Waals surface area contributed by atoms with Crippen molar-refractivity contribution in [3.8, 4) is 0 Å². The van der Waals surface area contributed by atoms with Gasteiger partial charge in [-0.25, -0.2) is 9.59 Å². The molecule has 0 saturated carbocycles. The molecule has 0 bridgehead atoms. The standard InChI is InChI=1S/C15H28N4O8/c1-3-5-8(20)18-12(24)10(22)16(14(18)26)7-17-11(23)13(25)19(15(17)27)9(21)6-4-2/h8-13,20-25H,3-7H2,1-2H3. The molecule has 2 fully saturated rings. The summed E-state index contributed by atoms with van der Waals surface area (Å²) in [6, 6.07) is -1.86. The van der Waals surface area contributed by atoms with Gasteiger partial charge in [-0.2, -0.15) is 0 Å². The van der Waals surface area contributed by atoms with Gasteiger partial charge in [-0.15, -0.1) is 0 Å². The fourth-order valence-corrected chi connectivity index (χ4v) is 3.21. The number of aliphatic hydroxyl groups excluding tert-OH is 6. The Bertz CT molecular complexity index is 506. The van der Waals surface area contributed by atoms with Crippen LogP contribution in [0, 0.1) is 0 Å². The Morgan fingerprint density at radius 3 is 1.37 bits per heavy atom. The zero-order valence-electron chi connectivity index (χ0n) is 15.3. The molecule has 2 aliphatic heterocycles. The van der Waals surface area contributed by atoms with E-state index >= 15 is 0 Å². The molecule has 6 N–H and O–H groups in total. The summed E-state index contributed by atoms with van der Waals surface area (Å²) in [5, 5.41) is 60.4. The summed E-state index contributed by atoms with van der Waals surface area (Å²) in [6.07, 6.45) is -8.22. The largest absolute Gasteiger partial charge is 0.373 e. The fourth-order valence-electron chi connectivity index (χ4n) is 3.21. The number of carbonyl (C=O) groups is 2. The number of hydrogen-bond donors (Lipinski definition) is 6. The first-order valence-corrected chi connectivity index (χ1v) is 8.93. The molecular formula is C15H28N4O8. The molecule has 2 rings (SSSR count). The van der Waals surface area contributed by atoms with Crippen molar-refractivity contribution in [2.75, 3.05) is 6.67 Å². The van der Waals surface area contributed by atoms with Gasteiger partial charge in [0.05, 0.1) is 0 Å². The predicted molar refractivity (Wildman–Crippen MR) is 88.9 cm³/mol. The van der Waals surface area contributed by atoms with Crippen molar-refractivity contribution >= 4 is 12.1 Å². The van der Waals surface area contributed by atoms with Crippen LogP contribution >= 0.6 is 0 Å². The molecule has 4 amide bonds. The van der Waals surface area contributed by atoms with Gasteiger partial charge in [0.25, 0.3) is 0 Å². The Morgan fingerprint density at radius 2 is 1.07 bits per heavy atom. The first kappa shape index (κ1) is 21.6. The van der Waals surface area contributed by atoms with E-state index in [1.54, 1.807) is 13.8 Å². The van der Waals surface area contributed by atoms with Crippen LogP contribution in [0.2, 0.25) is 0 Å². The van der Waals surface area contributed by atoms with Crippen molar-refractivity contribution < 1.29 is 40.2 Å². The average Bonchev–Trinajstić information content (AvgIpc) is 2.94. The van der Waals surface area contributed by atoms with Gasteiger partial charge in [0, 0.05) is 0 Å². The maximum Gasteiger partial charge on any atom is 0.327 e. The van der Waals surface area contributed by atoms with Gasteiger partial charge in [-0.3, -0.25) is 19.6 Å². The van der Waals surface area contributed by atoms with Crippen molar-refractivity contribution in [1.29, 1.82) is 0 Å². The van der Waals surface area contributed by atoms with Gasteiger partial charge in [0.1, 0.15) is 19.1 Å². The van der Waals surface area contributed by atoms with Crippen LogP contribution in [0.4, 0.5) is 9.59 Å². The summed E-state index contributed by atoms with van der Waals surface area (Å²) in [6.45, 7) is 2.88. The van der Waals surface area contributed by atoms with Crippen molar-refractivity contribution in [3.05, 3.63) is 0 Å². The second-order valence-corrected chi connectivity index (χ2v) is 6.65. The van der Waals surface area contributed by atoms with E-state index in [0.717, 1.165) is 0 Å². The van der Waals surface area contributed by atoms with E-state index in [-0.39, 0.29) is 12.8 Å². The zero-order chi connectivity index (χ0) is 20.5. The van der Waals surface area contributed by atoms with Crippen molar-refractivity contribution in [3.63, 3.8) is 0 Å². The molecular weight excluding hydrogens is 364 g/mol. The van der Waals surface area contributed by atoms with E-state index in [1.165, 1.54) is 0 Å². The molecule has 0 spiro atoms. The minimum absolute atomic E-state index is 0.171. The average molecular weight is 392 g/mol. The van der Waals surface area contributed by atoms with Gasteiger partial charge >= 0.3 is 12.1 Å². The lowest BCUT2D eigenvalue weighted by molar-refractivity contribution is -0.125. The van der Waals surface area contributed by atoms with Crippen LogP contribution in [0.25, 0.3) is 0 Å². The zero-order valence-corrected chi connectivity index (χ0v) is 15.3. The quantitative estimate of drug-likeness (QED) is 0.274. The summed E-state index contributed by atoms with van der Waals surface area (Å²) < 4.78 is 0. The lowest BCUT2D eigenvalue weighted by atomic mass is 10.3. The molecule has 6 atom stereocenters. The van der Waals surface area contributed by atoms with Crippen molar-refractivity contribution in [2.24, 2.45) is 0 Å². The third kappa shape index (κ3) is 3.81. The first-order chi connectivity index (χ1) is 12.7. The number of carbonyl (C=O) groups excluding carboxylic acids is 2. The van der Waals surface area contributed by atoms with Crippen molar-refractivity contribution in [2.45, 2.75) is 76.9 Å². The Kier molecular flexibility index (Phi) is 6.83. The predicted octanol–water partition coefficient (Wildman–Crippen LogP) is -2.07. The molecule has 2 heterocycles. The first-order valence-electron chi connectivity index (χ1n) is 8.93. The van der Waals surface area contributed by atoms with Crippen LogP contribution in [0.1, 0.15) is 39.5 Å². The van der Waals surface area contributed by atoms with E-state index in [1.807, 2.05) is 0 Å². The molecule has 0 aromatic heterocycles. The monoisotopic (exact) mass is 392 g/mol. The maximum atomic E-state index is 12.5. The third-order valence-corrected chi connectivity index (χ3v) is 4.72. The Hall–Kier alpha value is -1.70. The van der Waals surface area contributed by atoms with E-state index in [2.05, 4.69) is 0 Å². The third-order valence-electron chi connectivity index (χ3n) is 4.72. The van der Waals surface area contributed by atoms with E-state index < -0.39 is 56.1 Å². The van der Waals surface area contributed by atoms with Crippen LogP contribution in [-0.4, -0.2) is 106 Å².